The molecule has 1 aliphatic rings. The Labute approximate surface area is 233 Å². The molecule has 0 saturated carbocycles. The van der Waals surface area contributed by atoms with Crippen molar-refractivity contribution in [1.82, 2.24) is 14.9 Å². The van der Waals surface area contributed by atoms with Crippen LogP contribution in [0.1, 0.15) is 31.9 Å². The number of hydrogen-bond acceptors (Lipinski definition) is 9. The monoisotopic (exact) mass is 573 g/mol. The van der Waals surface area contributed by atoms with Crippen molar-refractivity contribution < 1.29 is 23.9 Å². The average Bonchev–Trinajstić information content (AvgIpc) is 2.84. The van der Waals surface area contributed by atoms with E-state index in [-0.39, 0.29) is 22.8 Å². The second-order valence-corrected chi connectivity index (χ2v) is 14.3. The summed E-state index contributed by atoms with van der Waals surface area (Å²) in [4.78, 5) is 23.1. The van der Waals surface area contributed by atoms with E-state index in [0.29, 0.717) is 47.8 Å². The van der Waals surface area contributed by atoms with E-state index in [1.807, 2.05) is 32.9 Å². The van der Waals surface area contributed by atoms with E-state index in [2.05, 4.69) is 20.6 Å². The Morgan fingerprint density at radius 1 is 1.13 bits per heavy atom. The Hall–Kier alpha value is -3.49. The average molecular weight is 574 g/mol. The standard InChI is InChI=1S/C27H33ClN5O5P/c1-27(2,3)38-26(35)33-10-9-16-12-22(37-4)21(11-17(16)15-33)31-25-29-14-19(28)24(32-25)30-20-8-7-18(34)13-23(20)39(5,6)36/h7-8,11-14,34H,9-10,15H2,1-6H3,(H2,29,30,31,32). The molecule has 3 N–H and O–H groups in total. The summed E-state index contributed by atoms with van der Waals surface area (Å²) < 4.78 is 24.0. The lowest BCUT2D eigenvalue weighted by atomic mass is 9.98. The Morgan fingerprint density at radius 2 is 1.87 bits per heavy atom. The van der Waals surface area contributed by atoms with Gasteiger partial charge in [-0.3, -0.25) is 0 Å². The summed E-state index contributed by atoms with van der Waals surface area (Å²) >= 11 is 6.38. The number of aromatic nitrogens is 2. The predicted molar refractivity (Wildman–Crippen MR) is 154 cm³/mol. The van der Waals surface area contributed by atoms with Gasteiger partial charge >= 0.3 is 6.09 Å². The first-order valence-corrected chi connectivity index (χ1v) is 15.3. The smallest absolute Gasteiger partial charge is 0.410 e. The number of rotatable bonds is 6. The minimum absolute atomic E-state index is 0.0142. The van der Waals surface area contributed by atoms with E-state index in [4.69, 9.17) is 21.1 Å². The van der Waals surface area contributed by atoms with Gasteiger partial charge in [0.15, 0.2) is 5.82 Å². The van der Waals surface area contributed by atoms with Crippen LogP contribution < -0.4 is 20.7 Å². The van der Waals surface area contributed by atoms with Crippen molar-refractivity contribution in [1.29, 1.82) is 0 Å². The molecule has 0 radical (unpaired) electrons. The van der Waals surface area contributed by atoms with E-state index < -0.39 is 12.7 Å². The van der Waals surface area contributed by atoms with E-state index in [0.717, 1.165) is 11.1 Å². The molecule has 10 nitrogen and oxygen atoms in total. The van der Waals surface area contributed by atoms with Gasteiger partial charge in [-0.15, -0.1) is 0 Å². The van der Waals surface area contributed by atoms with Crippen LogP contribution in [-0.4, -0.2) is 58.7 Å². The number of halogens is 1. The van der Waals surface area contributed by atoms with Crippen LogP contribution in [0.2, 0.25) is 5.02 Å². The molecule has 2 aromatic carbocycles. The zero-order valence-corrected chi connectivity index (χ0v) is 24.5. The van der Waals surface area contributed by atoms with Crippen molar-refractivity contribution in [2.75, 3.05) is 37.6 Å². The van der Waals surface area contributed by atoms with Gasteiger partial charge in [0.1, 0.15) is 29.3 Å². The van der Waals surface area contributed by atoms with Crippen molar-refractivity contribution in [3.8, 4) is 11.5 Å². The second-order valence-electron chi connectivity index (χ2n) is 10.7. The number of carbonyl (C=O) groups is 1. The summed E-state index contributed by atoms with van der Waals surface area (Å²) in [6, 6.07) is 8.45. The highest BCUT2D eigenvalue weighted by atomic mass is 35.5. The molecule has 0 saturated heterocycles. The zero-order chi connectivity index (χ0) is 28.5. The van der Waals surface area contributed by atoms with Gasteiger partial charge < -0.3 is 34.7 Å². The summed E-state index contributed by atoms with van der Waals surface area (Å²) in [6.45, 7) is 9.72. The van der Waals surface area contributed by atoms with Gasteiger partial charge in [-0.2, -0.15) is 4.98 Å². The number of amides is 1. The van der Waals surface area contributed by atoms with Crippen LogP contribution in [0.4, 0.5) is 27.9 Å². The molecule has 3 aromatic rings. The molecule has 0 atom stereocenters. The van der Waals surface area contributed by atoms with E-state index in [1.54, 1.807) is 31.4 Å². The van der Waals surface area contributed by atoms with Crippen LogP contribution in [0.15, 0.2) is 36.5 Å². The maximum Gasteiger partial charge on any atom is 0.410 e. The minimum atomic E-state index is -2.73. The molecule has 39 heavy (non-hydrogen) atoms. The van der Waals surface area contributed by atoms with Crippen LogP contribution in [-0.2, 0) is 22.3 Å². The minimum Gasteiger partial charge on any atom is -0.508 e. The molecular weight excluding hydrogens is 541 g/mol. The number of aromatic hydroxyl groups is 1. The summed E-state index contributed by atoms with van der Waals surface area (Å²) in [5.41, 5.74) is 2.60. The van der Waals surface area contributed by atoms with Crippen LogP contribution in [0, 0.1) is 0 Å². The third kappa shape index (κ3) is 6.94. The molecule has 0 spiro atoms. The van der Waals surface area contributed by atoms with Crippen LogP contribution in [0.3, 0.4) is 0 Å². The first-order valence-electron chi connectivity index (χ1n) is 12.4. The van der Waals surface area contributed by atoms with E-state index in [1.165, 1.54) is 18.3 Å². The van der Waals surface area contributed by atoms with Gasteiger partial charge in [-0.05, 0) is 82.0 Å². The van der Waals surface area contributed by atoms with E-state index >= 15 is 0 Å². The summed E-state index contributed by atoms with van der Waals surface area (Å²) in [6.07, 6.45) is 1.77. The Kier molecular flexibility index (Phi) is 8.00. The van der Waals surface area contributed by atoms with Crippen LogP contribution >= 0.6 is 18.7 Å². The van der Waals surface area contributed by atoms with Crippen molar-refractivity contribution in [2.45, 2.75) is 39.3 Å². The second kappa shape index (κ2) is 10.9. The highest BCUT2D eigenvalue weighted by molar-refractivity contribution is 7.70. The third-order valence-corrected chi connectivity index (χ3v) is 7.80. The molecule has 0 aliphatic carbocycles. The Morgan fingerprint density at radius 3 is 2.54 bits per heavy atom. The highest BCUT2D eigenvalue weighted by Gasteiger charge is 2.27. The maximum absolute atomic E-state index is 12.8. The number of ether oxygens (including phenoxy) is 2. The quantitative estimate of drug-likeness (QED) is 0.245. The van der Waals surface area contributed by atoms with Crippen LogP contribution in [0.5, 0.6) is 11.5 Å². The van der Waals surface area contributed by atoms with Gasteiger partial charge in [0.05, 0.1) is 24.7 Å². The highest BCUT2D eigenvalue weighted by Crippen LogP contribution is 2.40. The first-order chi connectivity index (χ1) is 18.2. The number of phenolic OH excluding ortho intramolecular Hbond substituents is 1. The number of phenols is 1. The number of hydrogen-bond donors (Lipinski definition) is 3. The van der Waals surface area contributed by atoms with Crippen molar-refractivity contribution >= 4 is 53.3 Å². The fourth-order valence-corrected chi connectivity index (χ4v) is 5.46. The number of methoxy groups -OCH3 is 1. The molecule has 0 fully saturated rings. The normalized spacial score (nSPS) is 13.5. The third-order valence-electron chi connectivity index (χ3n) is 5.99. The van der Waals surface area contributed by atoms with Gasteiger partial charge in [-0.1, -0.05) is 11.6 Å². The SMILES string of the molecule is COc1cc2c(cc1Nc1ncc(Cl)c(Nc3ccc(O)cc3P(C)(C)=O)n1)CN(C(=O)OC(C)(C)C)CC2. The molecule has 1 aliphatic heterocycles. The molecular formula is C27H33ClN5O5P. The fourth-order valence-electron chi connectivity index (χ4n) is 4.17. The Bertz CT molecular complexity index is 1450. The molecule has 0 unspecified atom stereocenters. The lowest BCUT2D eigenvalue weighted by molar-refractivity contribution is 0.0224. The van der Waals surface area contributed by atoms with Gasteiger partial charge in [-0.25, -0.2) is 9.78 Å². The maximum atomic E-state index is 12.8. The number of nitrogens with zero attached hydrogens (tertiary/aromatic N) is 3. The molecule has 1 amide bonds. The molecule has 1 aromatic heterocycles. The fraction of sp³-hybridized carbons (Fsp3) is 0.370. The van der Waals surface area contributed by atoms with Crippen molar-refractivity contribution in [3.05, 3.63) is 52.7 Å². The number of nitrogens with one attached hydrogen (secondary N) is 2. The van der Waals surface area contributed by atoms with Crippen molar-refractivity contribution in [2.24, 2.45) is 0 Å². The zero-order valence-electron chi connectivity index (χ0n) is 22.8. The molecule has 208 valence electrons. The number of anilines is 4. The van der Waals surface area contributed by atoms with Gasteiger partial charge in [0.25, 0.3) is 0 Å². The van der Waals surface area contributed by atoms with Crippen molar-refractivity contribution in [3.63, 3.8) is 0 Å². The summed E-state index contributed by atoms with van der Waals surface area (Å²) in [7, 11) is -1.14. The van der Waals surface area contributed by atoms with Crippen LogP contribution in [0.25, 0.3) is 0 Å². The number of benzene rings is 2. The molecule has 12 heteroatoms. The lowest BCUT2D eigenvalue weighted by Gasteiger charge is -2.31. The molecule has 2 heterocycles. The topological polar surface area (TPSA) is 126 Å². The first kappa shape index (κ1) is 28.5. The molecule has 4 rings (SSSR count). The van der Waals surface area contributed by atoms with Gasteiger partial charge in [0, 0.05) is 18.4 Å². The Balaban J connectivity index is 1.61. The number of carbonyl (C=O) groups excluding carboxylic acids is 1. The lowest BCUT2D eigenvalue weighted by Crippen LogP contribution is -2.39. The summed E-state index contributed by atoms with van der Waals surface area (Å²) in [5, 5.41) is 16.9. The molecule has 0 bridgehead atoms. The number of fused-ring (bicyclic) bond motifs is 1. The van der Waals surface area contributed by atoms with Gasteiger partial charge in [0.2, 0.25) is 5.95 Å². The largest absolute Gasteiger partial charge is 0.508 e. The summed E-state index contributed by atoms with van der Waals surface area (Å²) in [5.74, 6) is 1.16. The predicted octanol–water partition coefficient (Wildman–Crippen LogP) is 5.87. The van der Waals surface area contributed by atoms with E-state index in [9.17, 15) is 14.5 Å².